The van der Waals surface area contributed by atoms with Gasteiger partial charge in [-0.3, -0.25) is 4.79 Å². The van der Waals surface area contributed by atoms with Crippen LogP contribution in [-0.2, 0) is 4.79 Å². The maximum Gasteiger partial charge on any atom is 0.227 e. The standard InChI is InChI=1S/C11H19N3O/c1-11(2,12)7-6-10(15)14(3)9-5-4-8-13-9/h4-5,8,13H,6-7,12H2,1-3H3. The van der Waals surface area contributed by atoms with Crippen LogP contribution in [0.1, 0.15) is 26.7 Å². The smallest absolute Gasteiger partial charge is 0.227 e. The van der Waals surface area contributed by atoms with E-state index in [-0.39, 0.29) is 11.4 Å². The van der Waals surface area contributed by atoms with Crippen molar-refractivity contribution in [2.75, 3.05) is 11.9 Å². The number of carbonyl (C=O) groups excluding carboxylic acids is 1. The first kappa shape index (κ1) is 11.8. The summed E-state index contributed by atoms with van der Waals surface area (Å²) in [6, 6.07) is 3.73. The summed E-state index contributed by atoms with van der Waals surface area (Å²) in [6.07, 6.45) is 2.96. The molecule has 1 rings (SSSR count). The molecule has 4 nitrogen and oxygen atoms in total. The van der Waals surface area contributed by atoms with E-state index in [1.165, 1.54) is 0 Å². The van der Waals surface area contributed by atoms with Gasteiger partial charge in [0.15, 0.2) is 0 Å². The number of aromatic nitrogens is 1. The summed E-state index contributed by atoms with van der Waals surface area (Å²) in [5, 5.41) is 0. The van der Waals surface area contributed by atoms with E-state index in [0.717, 1.165) is 5.82 Å². The van der Waals surface area contributed by atoms with Crippen LogP contribution in [0.4, 0.5) is 5.82 Å². The van der Waals surface area contributed by atoms with Crippen LogP contribution < -0.4 is 10.6 Å². The first-order valence-electron chi connectivity index (χ1n) is 5.09. The minimum atomic E-state index is -0.285. The summed E-state index contributed by atoms with van der Waals surface area (Å²) in [5.41, 5.74) is 5.54. The quantitative estimate of drug-likeness (QED) is 0.789. The van der Waals surface area contributed by atoms with Crippen LogP contribution in [0.5, 0.6) is 0 Å². The van der Waals surface area contributed by atoms with Gasteiger partial charge in [0.25, 0.3) is 0 Å². The molecule has 84 valence electrons. The second-order valence-electron chi connectivity index (χ2n) is 4.50. The van der Waals surface area contributed by atoms with E-state index in [1.54, 1.807) is 18.1 Å². The Hall–Kier alpha value is -1.29. The van der Waals surface area contributed by atoms with Gasteiger partial charge in [-0.05, 0) is 32.4 Å². The van der Waals surface area contributed by atoms with Crippen molar-refractivity contribution in [1.29, 1.82) is 0 Å². The molecule has 1 aromatic heterocycles. The molecule has 0 bridgehead atoms. The summed E-state index contributed by atoms with van der Waals surface area (Å²) in [6.45, 7) is 3.85. The Bertz CT molecular complexity index is 311. The summed E-state index contributed by atoms with van der Waals surface area (Å²) < 4.78 is 0. The molecule has 0 atom stereocenters. The normalized spacial score (nSPS) is 11.5. The summed E-state index contributed by atoms with van der Waals surface area (Å²) >= 11 is 0. The maximum atomic E-state index is 11.7. The van der Waals surface area contributed by atoms with Gasteiger partial charge in [0.1, 0.15) is 5.82 Å². The predicted molar refractivity (Wildman–Crippen MR) is 61.7 cm³/mol. The van der Waals surface area contributed by atoms with Crippen LogP contribution in [0, 0.1) is 0 Å². The Balaban J connectivity index is 2.48. The number of amides is 1. The van der Waals surface area contributed by atoms with Gasteiger partial charge >= 0.3 is 0 Å². The highest BCUT2D eigenvalue weighted by molar-refractivity contribution is 5.91. The van der Waals surface area contributed by atoms with E-state index in [0.29, 0.717) is 12.8 Å². The van der Waals surface area contributed by atoms with Gasteiger partial charge in [-0.1, -0.05) is 0 Å². The zero-order chi connectivity index (χ0) is 11.5. The average Bonchev–Trinajstić information content (AvgIpc) is 2.64. The van der Waals surface area contributed by atoms with E-state index in [4.69, 9.17) is 5.73 Å². The van der Waals surface area contributed by atoms with E-state index in [2.05, 4.69) is 4.98 Å². The molecule has 4 heteroatoms. The zero-order valence-electron chi connectivity index (χ0n) is 9.58. The summed E-state index contributed by atoms with van der Waals surface area (Å²) in [7, 11) is 1.76. The van der Waals surface area contributed by atoms with Crippen LogP contribution in [0.3, 0.4) is 0 Å². The number of anilines is 1. The number of rotatable bonds is 4. The number of hydrogen-bond donors (Lipinski definition) is 2. The lowest BCUT2D eigenvalue weighted by molar-refractivity contribution is -0.118. The molecule has 0 aliphatic rings. The third-order valence-electron chi connectivity index (χ3n) is 2.30. The Labute approximate surface area is 90.5 Å². The van der Waals surface area contributed by atoms with E-state index in [1.807, 2.05) is 26.0 Å². The molecule has 3 N–H and O–H groups in total. The average molecular weight is 209 g/mol. The molecule has 1 heterocycles. The second-order valence-corrected chi connectivity index (χ2v) is 4.50. The van der Waals surface area contributed by atoms with Crippen LogP contribution in [0.15, 0.2) is 18.3 Å². The van der Waals surface area contributed by atoms with Crippen molar-refractivity contribution < 1.29 is 4.79 Å². The van der Waals surface area contributed by atoms with E-state index >= 15 is 0 Å². The topological polar surface area (TPSA) is 62.1 Å². The lowest BCUT2D eigenvalue weighted by Gasteiger charge is -2.20. The highest BCUT2D eigenvalue weighted by atomic mass is 16.2. The molecule has 0 aromatic carbocycles. The van der Waals surface area contributed by atoms with Crippen molar-refractivity contribution in [3.8, 4) is 0 Å². The zero-order valence-corrected chi connectivity index (χ0v) is 9.58. The van der Waals surface area contributed by atoms with Crippen molar-refractivity contribution in [1.82, 2.24) is 4.98 Å². The van der Waals surface area contributed by atoms with Crippen molar-refractivity contribution in [2.45, 2.75) is 32.2 Å². The number of nitrogens with two attached hydrogens (primary N) is 1. The highest BCUT2D eigenvalue weighted by Crippen LogP contribution is 2.13. The summed E-state index contributed by atoms with van der Waals surface area (Å²) in [5.74, 6) is 0.894. The van der Waals surface area contributed by atoms with Gasteiger partial charge in [0.2, 0.25) is 5.91 Å². The fraction of sp³-hybridized carbons (Fsp3) is 0.545. The molecule has 0 radical (unpaired) electrons. The van der Waals surface area contributed by atoms with Gasteiger partial charge in [0, 0.05) is 25.2 Å². The van der Waals surface area contributed by atoms with E-state index in [9.17, 15) is 4.79 Å². The molecular weight excluding hydrogens is 190 g/mol. The first-order chi connectivity index (χ1) is 6.90. The van der Waals surface area contributed by atoms with Crippen LogP contribution in [0.2, 0.25) is 0 Å². The molecular formula is C11H19N3O. The van der Waals surface area contributed by atoms with Gasteiger partial charge in [-0.2, -0.15) is 0 Å². The minimum absolute atomic E-state index is 0.0796. The van der Waals surface area contributed by atoms with Crippen LogP contribution >= 0.6 is 0 Å². The molecule has 0 saturated heterocycles. The number of hydrogen-bond acceptors (Lipinski definition) is 2. The molecule has 0 aliphatic heterocycles. The van der Waals surface area contributed by atoms with Gasteiger partial charge in [0.05, 0.1) is 0 Å². The van der Waals surface area contributed by atoms with E-state index < -0.39 is 0 Å². The Kier molecular flexibility index (Phi) is 3.52. The second kappa shape index (κ2) is 4.49. The predicted octanol–water partition coefficient (Wildman–Crippen LogP) is 1.49. The number of nitrogens with zero attached hydrogens (tertiary/aromatic N) is 1. The fourth-order valence-corrected chi connectivity index (χ4v) is 1.26. The maximum absolute atomic E-state index is 11.7. The van der Waals surface area contributed by atoms with Crippen molar-refractivity contribution >= 4 is 11.7 Å². The fourth-order valence-electron chi connectivity index (χ4n) is 1.26. The molecule has 0 saturated carbocycles. The first-order valence-corrected chi connectivity index (χ1v) is 5.09. The number of carbonyl (C=O) groups is 1. The Morgan fingerprint density at radius 2 is 2.27 bits per heavy atom. The Morgan fingerprint density at radius 1 is 1.60 bits per heavy atom. The third kappa shape index (κ3) is 3.75. The minimum Gasteiger partial charge on any atom is -0.348 e. The number of nitrogens with one attached hydrogen (secondary N) is 1. The monoisotopic (exact) mass is 209 g/mol. The van der Waals surface area contributed by atoms with Crippen molar-refractivity contribution in [3.05, 3.63) is 18.3 Å². The lowest BCUT2D eigenvalue weighted by atomic mass is 10.00. The highest BCUT2D eigenvalue weighted by Gasteiger charge is 2.16. The van der Waals surface area contributed by atoms with Crippen molar-refractivity contribution in [2.24, 2.45) is 5.73 Å². The third-order valence-corrected chi connectivity index (χ3v) is 2.30. The molecule has 0 aliphatic carbocycles. The summed E-state index contributed by atoms with van der Waals surface area (Å²) in [4.78, 5) is 16.3. The Morgan fingerprint density at radius 3 is 2.73 bits per heavy atom. The molecule has 0 spiro atoms. The van der Waals surface area contributed by atoms with Gasteiger partial charge < -0.3 is 15.6 Å². The van der Waals surface area contributed by atoms with Gasteiger partial charge in [-0.25, -0.2) is 0 Å². The molecule has 0 unspecified atom stereocenters. The number of aromatic amines is 1. The molecule has 1 amide bonds. The van der Waals surface area contributed by atoms with Gasteiger partial charge in [-0.15, -0.1) is 0 Å². The lowest BCUT2D eigenvalue weighted by Crippen LogP contribution is -2.35. The van der Waals surface area contributed by atoms with Crippen molar-refractivity contribution in [3.63, 3.8) is 0 Å². The van der Waals surface area contributed by atoms with Crippen LogP contribution in [-0.4, -0.2) is 23.5 Å². The molecule has 15 heavy (non-hydrogen) atoms. The largest absolute Gasteiger partial charge is 0.348 e. The van der Waals surface area contributed by atoms with Crippen LogP contribution in [0.25, 0.3) is 0 Å². The molecule has 1 aromatic rings. The molecule has 0 fully saturated rings. The number of H-pyrrole nitrogens is 1. The SMILES string of the molecule is CN(C(=O)CCC(C)(C)N)c1ccc[nH]1.